The van der Waals surface area contributed by atoms with Gasteiger partial charge < -0.3 is 15.4 Å². The normalized spacial score (nSPS) is 28.0. The first kappa shape index (κ1) is 18.3. The van der Waals surface area contributed by atoms with Crippen LogP contribution in [0.5, 0.6) is 0 Å². The van der Waals surface area contributed by atoms with Crippen molar-refractivity contribution in [3.8, 4) is 0 Å². The van der Waals surface area contributed by atoms with Crippen molar-refractivity contribution in [2.45, 2.75) is 37.8 Å². The quantitative estimate of drug-likeness (QED) is 0.612. The molecule has 1 heterocycles. The van der Waals surface area contributed by atoms with Crippen LogP contribution in [0.4, 0.5) is 5.69 Å². The Bertz CT molecular complexity index is 691. The highest BCUT2D eigenvalue weighted by molar-refractivity contribution is 5.94. The van der Waals surface area contributed by atoms with Crippen molar-refractivity contribution in [2.75, 3.05) is 13.7 Å². The van der Waals surface area contributed by atoms with Gasteiger partial charge >= 0.3 is 0 Å². The van der Waals surface area contributed by atoms with Crippen LogP contribution in [0.2, 0.25) is 0 Å². The SMILES string of the molecule is COCC1CC(=O)NC2CC(NC(=O)c3ccc([N+](=O)[O-])cc3)CCC12. The number of hydrogen-bond donors (Lipinski definition) is 2. The van der Waals surface area contributed by atoms with Crippen molar-refractivity contribution >= 4 is 17.5 Å². The van der Waals surface area contributed by atoms with Gasteiger partial charge in [-0.3, -0.25) is 19.7 Å². The lowest BCUT2D eigenvalue weighted by atomic mass is 9.71. The molecule has 0 bridgehead atoms. The Labute approximate surface area is 151 Å². The number of carbonyl (C=O) groups is 2. The lowest BCUT2D eigenvalue weighted by molar-refractivity contribution is -0.384. The van der Waals surface area contributed by atoms with Gasteiger partial charge in [0.05, 0.1) is 4.92 Å². The number of benzene rings is 1. The summed E-state index contributed by atoms with van der Waals surface area (Å²) in [6.07, 6.45) is 2.95. The molecule has 26 heavy (non-hydrogen) atoms. The van der Waals surface area contributed by atoms with Gasteiger partial charge in [0.15, 0.2) is 0 Å². The molecule has 2 N–H and O–H groups in total. The molecule has 1 saturated heterocycles. The van der Waals surface area contributed by atoms with Crippen molar-refractivity contribution in [3.05, 3.63) is 39.9 Å². The minimum absolute atomic E-state index is 0.0273. The number of nitrogens with zero attached hydrogens (tertiary/aromatic N) is 1. The zero-order valence-corrected chi connectivity index (χ0v) is 14.6. The maximum atomic E-state index is 12.4. The van der Waals surface area contributed by atoms with E-state index < -0.39 is 4.92 Å². The molecule has 2 fully saturated rings. The van der Waals surface area contributed by atoms with E-state index in [-0.39, 0.29) is 35.5 Å². The van der Waals surface area contributed by atoms with Crippen LogP contribution in [-0.2, 0) is 9.53 Å². The Morgan fingerprint density at radius 1 is 1.35 bits per heavy atom. The van der Waals surface area contributed by atoms with E-state index in [1.165, 1.54) is 24.3 Å². The molecule has 2 aliphatic rings. The molecular weight excluding hydrogens is 338 g/mol. The fourth-order valence-electron chi connectivity index (χ4n) is 4.11. The zero-order valence-electron chi connectivity index (χ0n) is 14.6. The van der Waals surface area contributed by atoms with Gasteiger partial charge in [-0.25, -0.2) is 0 Å². The Morgan fingerprint density at radius 2 is 2.08 bits per heavy atom. The molecule has 8 nitrogen and oxygen atoms in total. The van der Waals surface area contributed by atoms with Gasteiger partial charge in [-0.05, 0) is 43.2 Å². The van der Waals surface area contributed by atoms with Crippen LogP contribution in [0, 0.1) is 22.0 Å². The van der Waals surface area contributed by atoms with E-state index >= 15 is 0 Å². The molecule has 140 valence electrons. The topological polar surface area (TPSA) is 111 Å². The van der Waals surface area contributed by atoms with Crippen molar-refractivity contribution in [3.63, 3.8) is 0 Å². The van der Waals surface area contributed by atoms with Crippen LogP contribution in [-0.4, -0.2) is 42.5 Å². The van der Waals surface area contributed by atoms with E-state index in [1.54, 1.807) is 7.11 Å². The smallest absolute Gasteiger partial charge is 0.269 e. The summed E-state index contributed by atoms with van der Waals surface area (Å²) in [4.78, 5) is 34.5. The molecule has 2 amide bonds. The van der Waals surface area contributed by atoms with Gasteiger partial charge in [-0.15, -0.1) is 0 Å². The van der Waals surface area contributed by atoms with E-state index in [9.17, 15) is 19.7 Å². The second-order valence-electron chi connectivity index (χ2n) is 7.04. The molecular formula is C18H23N3O5. The van der Waals surface area contributed by atoms with Crippen molar-refractivity contribution in [1.29, 1.82) is 0 Å². The lowest BCUT2D eigenvalue weighted by Gasteiger charge is -2.43. The van der Waals surface area contributed by atoms with Gasteiger partial charge in [-0.2, -0.15) is 0 Å². The summed E-state index contributed by atoms with van der Waals surface area (Å²) in [5.41, 5.74) is 0.346. The van der Waals surface area contributed by atoms with Crippen LogP contribution >= 0.6 is 0 Å². The predicted molar refractivity (Wildman–Crippen MR) is 93.6 cm³/mol. The van der Waals surface area contributed by atoms with Crippen LogP contribution in [0.15, 0.2) is 24.3 Å². The molecule has 0 aromatic heterocycles. The number of amides is 2. The van der Waals surface area contributed by atoms with E-state index in [2.05, 4.69) is 10.6 Å². The second-order valence-corrected chi connectivity index (χ2v) is 7.04. The number of carbonyl (C=O) groups excluding carboxylic acids is 2. The first-order valence-corrected chi connectivity index (χ1v) is 8.81. The molecule has 4 unspecified atom stereocenters. The molecule has 1 aliphatic heterocycles. The zero-order chi connectivity index (χ0) is 18.7. The van der Waals surface area contributed by atoms with Crippen LogP contribution in [0.3, 0.4) is 0 Å². The van der Waals surface area contributed by atoms with E-state index in [4.69, 9.17) is 4.74 Å². The van der Waals surface area contributed by atoms with E-state index in [0.717, 1.165) is 12.8 Å². The summed E-state index contributed by atoms with van der Waals surface area (Å²) in [5, 5.41) is 16.7. The first-order chi connectivity index (χ1) is 12.5. The lowest BCUT2D eigenvalue weighted by Crippen LogP contribution is -2.56. The number of ether oxygens (including phenoxy) is 1. The number of non-ortho nitro benzene ring substituents is 1. The molecule has 1 aromatic rings. The Kier molecular flexibility index (Phi) is 5.51. The molecule has 8 heteroatoms. The highest BCUT2D eigenvalue weighted by Crippen LogP contribution is 2.35. The van der Waals surface area contributed by atoms with E-state index in [0.29, 0.717) is 30.9 Å². The van der Waals surface area contributed by atoms with Crippen molar-refractivity contribution in [2.24, 2.45) is 11.8 Å². The molecule has 1 aromatic carbocycles. The first-order valence-electron chi connectivity index (χ1n) is 8.81. The van der Waals surface area contributed by atoms with Crippen molar-refractivity contribution < 1.29 is 19.2 Å². The molecule has 3 rings (SSSR count). The van der Waals surface area contributed by atoms with Gasteiger partial charge in [0.1, 0.15) is 0 Å². The number of nitro benzene ring substituents is 1. The average molecular weight is 361 g/mol. The Balaban J connectivity index is 1.60. The maximum Gasteiger partial charge on any atom is 0.269 e. The minimum atomic E-state index is -0.495. The van der Waals surface area contributed by atoms with Crippen molar-refractivity contribution in [1.82, 2.24) is 10.6 Å². The number of nitro groups is 1. The number of methoxy groups -OCH3 is 1. The third-order valence-electron chi connectivity index (χ3n) is 5.36. The van der Waals surface area contributed by atoms with Crippen LogP contribution < -0.4 is 10.6 Å². The fraction of sp³-hybridized carbons (Fsp3) is 0.556. The number of nitrogens with one attached hydrogen (secondary N) is 2. The molecule has 1 saturated carbocycles. The molecule has 4 atom stereocenters. The molecule has 1 aliphatic carbocycles. The maximum absolute atomic E-state index is 12.4. The fourth-order valence-corrected chi connectivity index (χ4v) is 4.11. The third kappa shape index (κ3) is 4.01. The summed E-state index contributed by atoms with van der Waals surface area (Å²) in [6, 6.07) is 5.57. The Hall–Kier alpha value is -2.48. The summed E-state index contributed by atoms with van der Waals surface area (Å²) in [7, 11) is 1.65. The summed E-state index contributed by atoms with van der Waals surface area (Å²) in [6.45, 7) is 0.578. The standard InChI is InChI=1S/C18H23N3O5/c1-26-10-12-8-17(22)20-16-9-13(4-7-15(12)16)19-18(23)11-2-5-14(6-3-11)21(24)25/h2-3,5-6,12-13,15-16H,4,7-10H2,1H3,(H,19,23)(H,20,22). The highest BCUT2D eigenvalue weighted by atomic mass is 16.6. The van der Waals surface area contributed by atoms with E-state index in [1.807, 2.05) is 0 Å². The number of fused-ring (bicyclic) bond motifs is 1. The van der Waals surface area contributed by atoms with Gasteiger partial charge in [0.25, 0.3) is 11.6 Å². The van der Waals surface area contributed by atoms with Gasteiger partial charge in [-0.1, -0.05) is 0 Å². The average Bonchev–Trinajstić information content (AvgIpc) is 2.61. The monoisotopic (exact) mass is 361 g/mol. The number of hydrogen-bond acceptors (Lipinski definition) is 5. The summed E-state index contributed by atoms with van der Waals surface area (Å²) in [5.74, 6) is 0.389. The van der Waals surface area contributed by atoms with Crippen LogP contribution in [0.25, 0.3) is 0 Å². The second kappa shape index (κ2) is 7.82. The van der Waals surface area contributed by atoms with Crippen LogP contribution in [0.1, 0.15) is 36.0 Å². The number of rotatable bonds is 5. The summed E-state index contributed by atoms with van der Waals surface area (Å²) < 4.78 is 5.26. The molecule has 0 radical (unpaired) electrons. The number of piperidine rings is 1. The predicted octanol–water partition coefficient (Wildman–Crippen LogP) is 1.64. The third-order valence-corrected chi connectivity index (χ3v) is 5.36. The largest absolute Gasteiger partial charge is 0.384 e. The minimum Gasteiger partial charge on any atom is -0.384 e. The Morgan fingerprint density at radius 3 is 2.73 bits per heavy atom. The van der Waals surface area contributed by atoms with Gasteiger partial charge in [0, 0.05) is 49.9 Å². The highest BCUT2D eigenvalue weighted by Gasteiger charge is 2.40. The van der Waals surface area contributed by atoms with Gasteiger partial charge in [0.2, 0.25) is 5.91 Å². The molecule has 0 spiro atoms. The summed E-state index contributed by atoms with van der Waals surface area (Å²) >= 11 is 0.